The maximum Gasteiger partial charge on any atom is 0.280 e. The predicted molar refractivity (Wildman–Crippen MR) is 100 cm³/mol. The first-order valence-electron chi connectivity index (χ1n) is 9.93. The molecule has 6 nitrogen and oxygen atoms in total. The van der Waals surface area contributed by atoms with Crippen molar-refractivity contribution in [3.63, 3.8) is 0 Å². The van der Waals surface area contributed by atoms with Gasteiger partial charge in [0.2, 0.25) is 0 Å². The molecule has 140 valence electrons. The van der Waals surface area contributed by atoms with Crippen LogP contribution in [0.3, 0.4) is 0 Å². The van der Waals surface area contributed by atoms with Gasteiger partial charge in [-0.15, -0.1) is 0 Å². The van der Waals surface area contributed by atoms with Crippen molar-refractivity contribution in [3.05, 3.63) is 53.5 Å². The number of hydrogen-bond donors (Lipinski definition) is 0. The maximum absolute atomic E-state index is 5.54. The molecule has 6 heteroatoms. The summed E-state index contributed by atoms with van der Waals surface area (Å²) in [7, 11) is 0. The van der Waals surface area contributed by atoms with Gasteiger partial charge in [0.25, 0.3) is 5.89 Å². The lowest BCUT2D eigenvalue weighted by Crippen LogP contribution is -2.27. The van der Waals surface area contributed by atoms with Crippen LogP contribution in [0.1, 0.15) is 61.7 Å². The van der Waals surface area contributed by atoms with E-state index in [1.165, 1.54) is 18.4 Å². The Kier molecular flexibility index (Phi) is 4.28. The molecule has 0 saturated carbocycles. The number of benzene rings is 1. The molecule has 2 aliphatic rings. The van der Waals surface area contributed by atoms with Gasteiger partial charge in [-0.1, -0.05) is 47.6 Å². The van der Waals surface area contributed by atoms with Gasteiger partial charge in [0.15, 0.2) is 11.5 Å². The molecule has 0 aliphatic carbocycles. The van der Waals surface area contributed by atoms with Crippen LogP contribution in [0.2, 0.25) is 0 Å². The Morgan fingerprint density at radius 2 is 2.04 bits per heavy atom. The lowest BCUT2D eigenvalue weighted by atomic mass is 9.94. The molecule has 0 amide bonds. The van der Waals surface area contributed by atoms with Gasteiger partial charge >= 0.3 is 0 Å². The van der Waals surface area contributed by atoms with Gasteiger partial charge in [-0.05, 0) is 37.8 Å². The van der Waals surface area contributed by atoms with E-state index in [0.717, 1.165) is 37.4 Å². The predicted octanol–water partition coefficient (Wildman–Crippen LogP) is 4.37. The summed E-state index contributed by atoms with van der Waals surface area (Å²) in [6, 6.07) is 13.6. The maximum atomic E-state index is 5.54. The third-order valence-electron chi connectivity index (χ3n) is 5.92. The number of hydrogen-bond acceptors (Lipinski definition) is 6. The molecule has 1 aromatic carbocycles. The monoisotopic (exact) mass is 364 g/mol. The van der Waals surface area contributed by atoms with Crippen molar-refractivity contribution in [2.45, 2.75) is 57.0 Å². The van der Waals surface area contributed by atoms with E-state index in [1.54, 1.807) is 0 Å². The van der Waals surface area contributed by atoms with Gasteiger partial charge in [0.05, 0.1) is 0 Å². The SMILES string of the molecule is CCCc1cc(-c2nc([C@@H]3C[C@H](c4ccccc4)N4CCC[C@@H]34)no2)no1. The molecule has 4 heterocycles. The third-order valence-corrected chi connectivity index (χ3v) is 5.92. The van der Waals surface area contributed by atoms with Crippen molar-refractivity contribution in [2.24, 2.45) is 0 Å². The van der Waals surface area contributed by atoms with E-state index in [-0.39, 0.29) is 0 Å². The van der Waals surface area contributed by atoms with Crippen LogP contribution in [-0.2, 0) is 6.42 Å². The summed E-state index contributed by atoms with van der Waals surface area (Å²) < 4.78 is 10.9. The Hall–Kier alpha value is -2.47. The zero-order chi connectivity index (χ0) is 18.2. The van der Waals surface area contributed by atoms with Crippen molar-refractivity contribution >= 4 is 0 Å². The summed E-state index contributed by atoms with van der Waals surface area (Å²) in [6.07, 6.45) is 5.35. The molecule has 2 saturated heterocycles. The minimum atomic E-state index is 0.303. The summed E-state index contributed by atoms with van der Waals surface area (Å²) in [5.74, 6) is 2.43. The zero-order valence-corrected chi connectivity index (χ0v) is 15.5. The Morgan fingerprint density at radius 1 is 1.15 bits per heavy atom. The topological polar surface area (TPSA) is 68.2 Å². The third kappa shape index (κ3) is 2.98. The molecule has 0 unspecified atom stereocenters. The molecule has 2 aromatic heterocycles. The van der Waals surface area contributed by atoms with Crippen LogP contribution >= 0.6 is 0 Å². The summed E-state index contributed by atoms with van der Waals surface area (Å²) in [5, 5.41) is 8.42. The van der Waals surface area contributed by atoms with Crippen LogP contribution in [0.4, 0.5) is 0 Å². The molecule has 3 aromatic rings. The highest BCUT2D eigenvalue weighted by Crippen LogP contribution is 2.48. The summed E-state index contributed by atoms with van der Waals surface area (Å²) >= 11 is 0. The standard InChI is InChI=1S/C21H24N4O2/c1-2-7-15-12-17(23-26-15)21-22-20(24-27-21)16-13-19(14-8-4-3-5-9-14)25-11-6-10-18(16)25/h3-5,8-9,12,16,18-19H,2,6-7,10-11,13H2,1H3/t16-,18+,19-/m1/s1. The van der Waals surface area contributed by atoms with E-state index in [0.29, 0.717) is 29.6 Å². The molecule has 0 spiro atoms. The van der Waals surface area contributed by atoms with Gasteiger partial charge in [0.1, 0.15) is 5.76 Å². The number of fused-ring (bicyclic) bond motifs is 1. The molecular weight excluding hydrogens is 340 g/mol. The lowest BCUT2D eigenvalue weighted by molar-refractivity contribution is 0.243. The molecule has 2 aliphatic heterocycles. The van der Waals surface area contributed by atoms with Crippen molar-refractivity contribution in [1.82, 2.24) is 20.2 Å². The summed E-state index contributed by atoms with van der Waals surface area (Å²) in [6.45, 7) is 3.26. The first-order chi connectivity index (χ1) is 13.3. The number of aromatic nitrogens is 3. The minimum absolute atomic E-state index is 0.303. The fraction of sp³-hybridized carbons (Fsp3) is 0.476. The van der Waals surface area contributed by atoms with Gasteiger partial charge in [-0.2, -0.15) is 4.98 Å². The normalized spacial score (nSPS) is 25.1. The second kappa shape index (κ2) is 6.93. The highest BCUT2D eigenvalue weighted by molar-refractivity contribution is 5.46. The first-order valence-corrected chi connectivity index (χ1v) is 9.93. The average Bonchev–Trinajstić information content (AvgIpc) is 3.46. The van der Waals surface area contributed by atoms with Gasteiger partial charge < -0.3 is 9.05 Å². The number of nitrogens with zero attached hydrogens (tertiary/aromatic N) is 4. The Balaban J connectivity index is 1.40. The van der Waals surface area contributed by atoms with Crippen LogP contribution < -0.4 is 0 Å². The van der Waals surface area contributed by atoms with Gasteiger partial charge in [-0.25, -0.2) is 0 Å². The molecule has 5 rings (SSSR count). The van der Waals surface area contributed by atoms with E-state index in [2.05, 4.69) is 52.5 Å². The van der Waals surface area contributed by atoms with Crippen LogP contribution in [0, 0.1) is 0 Å². The van der Waals surface area contributed by atoms with E-state index in [1.807, 2.05) is 6.07 Å². The fourth-order valence-corrected chi connectivity index (χ4v) is 4.71. The van der Waals surface area contributed by atoms with E-state index < -0.39 is 0 Å². The number of rotatable bonds is 5. The Labute approximate surface area is 158 Å². The average molecular weight is 364 g/mol. The highest BCUT2D eigenvalue weighted by atomic mass is 16.5. The van der Waals surface area contributed by atoms with Crippen molar-refractivity contribution in [2.75, 3.05) is 6.54 Å². The molecule has 2 fully saturated rings. The molecule has 27 heavy (non-hydrogen) atoms. The largest absolute Gasteiger partial charge is 0.361 e. The fourth-order valence-electron chi connectivity index (χ4n) is 4.71. The first kappa shape index (κ1) is 16.7. The van der Waals surface area contributed by atoms with Crippen LogP contribution in [0.25, 0.3) is 11.6 Å². The lowest BCUT2D eigenvalue weighted by Gasteiger charge is -2.24. The number of aryl methyl sites for hydroxylation is 1. The second-order valence-electron chi connectivity index (χ2n) is 7.60. The molecular formula is C21H24N4O2. The van der Waals surface area contributed by atoms with Crippen LogP contribution in [0.15, 0.2) is 45.4 Å². The van der Waals surface area contributed by atoms with Crippen molar-refractivity contribution < 1.29 is 9.05 Å². The van der Waals surface area contributed by atoms with E-state index >= 15 is 0 Å². The Morgan fingerprint density at radius 3 is 2.89 bits per heavy atom. The smallest absolute Gasteiger partial charge is 0.280 e. The van der Waals surface area contributed by atoms with Crippen LogP contribution in [-0.4, -0.2) is 32.8 Å². The summed E-state index contributed by atoms with van der Waals surface area (Å²) in [4.78, 5) is 7.33. The van der Waals surface area contributed by atoms with Crippen LogP contribution in [0.5, 0.6) is 0 Å². The molecule has 0 radical (unpaired) electrons. The highest BCUT2D eigenvalue weighted by Gasteiger charge is 2.46. The van der Waals surface area contributed by atoms with E-state index in [4.69, 9.17) is 14.0 Å². The molecule has 3 atom stereocenters. The molecule has 0 bridgehead atoms. The Bertz CT molecular complexity index is 904. The van der Waals surface area contributed by atoms with Crippen molar-refractivity contribution in [3.8, 4) is 11.6 Å². The summed E-state index contributed by atoms with van der Waals surface area (Å²) in [5.41, 5.74) is 2.02. The van der Waals surface area contributed by atoms with E-state index in [9.17, 15) is 0 Å². The van der Waals surface area contributed by atoms with Gasteiger partial charge in [0, 0.05) is 30.5 Å². The quantitative estimate of drug-likeness (QED) is 0.670. The molecule has 0 N–H and O–H groups in total. The van der Waals surface area contributed by atoms with Crippen molar-refractivity contribution in [1.29, 1.82) is 0 Å². The van der Waals surface area contributed by atoms with Gasteiger partial charge in [-0.3, -0.25) is 4.90 Å². The second-order valence-corrected chi connectivity index (χ2v) is 7.60. The zero-order valence-electron chi connectivity index (χ0n) is 15.5. The minimum Gasteiger partial charge on any atom is -0.361 e.